The lowest BCUT2D eigenvalue weighted by molar-refractivity contribution is -0.314. The molecule has 1 heterocycles. The predicted molar refractivity (Wildman–Crippen MR) is 63.6 cm³/mol. The van der Waals surface area contributed by atoms with Crippen LogP contribution in [0, 0.1) is 23.7 Å². The van der Waals surface area contributed by atoms with Gasteiger partial charge in [0.15, 0.2) is 5.13 Å². The number of carboxylic acids is 1. The SMILES string of the molecule is O=C([O-])[C@@H]1[C@@H]2CC[C@@H](C2)[C@@H]1C(=O)Nc1nccs1. The number of anilines is 1. The second kappa shape index (κ2) is 4.35. The number of fused-ring (bicyclic) bond motifs is 2. The normalized spacial score (nSPS) is 33.6. The summed E-state index contributed by atoms with van der Waals surface area (Å²) in [7, 11) is 0. The van der Waals surface area contributed by atoms with Crippen molar-refractivity contribution in [3.8, 4) is 0 Å². The molecule has 1 aromatic rings. The van der Waals surface area contributed by atoms with Gasteiger partial charge < -0.3 is 15.2 Å². The van der Waals surface area contributed by atoms with Crippen LogP contribution in [0.15, 0.2) is 11.6 Å². The number of aliphatic carboxylic acids is 1. The summed E-state index contributed by atoms with van der Waals surface area (Å²) in [4.78, 5) is 27.4. The highest BCUT2D eigenvalue weighted by atomic mass is 32.1. The van der Waals surface area contributed by atoms with E-state index in [1.165, 1.54) is 11.3 Å². The monoisotopic (exact) mass is 265 g/mol. The molecule has 0 spiro atoms. The van der Waals surface area contributed by atoms with E-state index in [0.717, 1.165) is 19.3 Å². The van der Waals surface area contributed by atoms with Gasteiger partial charge in [0, 0.05) is 29.4 Å². The molecule has 4 atom stereocenters. The second-order valence-corrected chi connectivity index (χ2v) is 5.92. The summed E-state index contributed by atoms with van der Waals surface area (Å²) in [5, 5.41) is 16.2. The van der Waals surface area contributed by atoms with Gasteiger partial charge in [-0.05, 0) is 31.1 Å². The largest absolute Gasteiger partial charge is 0.550 e. The van der Waals surface area contributed by atoms with Gasteiger partial charge in [-0.3, -0.25) is 4.79 Å². The van der Waals surface area contributed by atoms with Crippen molar-refractivity contribution in [2.75, 3.05) is 5.32 Å². The molecule has 5 nitrogen and oxygen atoms in total. The fourth-order valence-corrected chi connectivity index (χ4v) is 4.01. The van der Waals surface area contributed by atoms with E-state index < -0.39 is 17.8 Å². The van der Waals surface area contributed by atoms with Crippen LogP contribution in [-0.4, -0.2) is 16.9 Å². The van der Waals surface area contributed by atoms with Crippen molar-refractivity contribution in [1.82, 2.24) is 4.98 Å². The number of thiazole rings is 1. The molecular formula is C12H13N2O3S-. The summed E-state index contributed by atoms with van der Waals surface area (Å²) in [6.45, 7) is 0. The van der Waals surface area contributed by atoms with E-state index in [2.05, 4.69) is 10.3 Å². The minimum Gasteiger partial charge on any atom is -0.550 e. The van der Waals surface area contributed by atoms with E-state index in [-0.39, 0.29) is 17.7 Å². The summed E-state index contributed by atoms with van der Waals surface area (Å²) < 4.78 is 0. The van der Waals surface area contributed by atoms with Crippen molar-refractivity contribution in [3.05, 3.63) is 11.6 Å². The lowest BCUT2D eigenvalue weighted by atomic mass is 9.79. The van der Waals surface area contributed by atoms with Crippen LogP contribution in [-0.2, 0) is 9.59 Å². The third-order valence-electron chi connectivity index (χ3n) is 4.15. The summed E-state index contributed by atoms with van der Waals surface area (Å²) in [6, 6.07) is 0. The summed E-state index contributed by atoms with van der Waals surface area (Å²) >= 11 is 1.33. The molecule has 2 fully saturated rings. The maximum atomic E-state index is 12.2. The van der Waals surface area contributed by atoms with Gasteiger partial charge in [-0.2, -0.15) is 0 Å². The molecule has 0 unspecified atom stereocenters. The Morgan fingerprint density at radius 3 is 2.67 bits per heavy atom. The number of carbonyl (C=O) groups is 2. The number of nitrogens with one attached hydrogen (secondary N) is 1. The number of aromatic nitrogens is 1. The zero-order valence-electron chi connectivity index (χ0n) is 9.67. The van der Waals surface area contributed by atoms with Crippen molar-refractivity contribution >= 4 is 28.3 Å². The van der Waals surface area contributed by atoms with Gasteiger partial charge in [0.05, 0.1) is 0 Å². The van der Waals surface area contributed by atoms with E-state index in [1.807, 2.05) is 0 Å². The van der Waals surface area contributed by atoms with E-state index in [1.54, 1.807) is 11.6 Å². The van der Waals surface area contributed by atoms with Crippen molar-refractivity contribution in [3.63, 3.8) is 0 Å². The zero-order valence-corrected chi connectivity index (χ0v) is 10.5. The highest BCUT2D eigenvalue weighted by Gasteiger charge is 2.51. The highest BCUT2D eigenvalue weighted by molar-refractivity contribution is 7.13. The van der Waals surface area contributed by atoms with Gasteiger partial charge in [0.25, 0.3) is 0 Å². The lowest BCUT2D eigenvalue weighted by Crippen LogP contribution is -2.43. The van der Waals surface area contributed by atoms with E-state index in [9.17, 15) is 14.7 Å². The first-order chi connectivity index (χ1) is 8.66. The molecule has 6 heteroatoms. The van der Waals surface area contributed by atoms with Crippen LogP contribution in [0.3, 0.4) is 0 Å². The average Bonchev–Trinajstić information content (AvgIpc) is 3.03. The topological polar surface area (TPSA) is 82.1 Å². The molecule has 3 rings (SSSR count). The molecule has 0 aliphatic heterocycles. The molecule has 2 saturated carbocycles. The molecule has 0 radical (unpaired) electrons. The first kappa shape index (κ1) is 11.6. The number of carboxylic acid groups (broad SMARTS) is 1. The molecule has 2 aliphatic rings. The summed E-state index contributed by atoms with van der Waals surface area (Å²) in [5.74, 6) is -2.06. The molecule has 18 heavy (non-hydrogen) atoms. The molecule has 2 aliphatic carbocycles. The fraction of sp³-hybridized carbons (Fsp3) is 0.583. The Kier molecular flexibility index (Phi) is 2.81. The van der Waals surface area contributed by atoms with Crippen molar-refractivity contribution in [1.29, 1.82) is 0 Å². The number of rotatable bonds is 3. The Balaban J connectivity index is 1.78. The summed E-state index contributed by atoms with van der Waals surface area (Å²) in [5.41, 5.74) is 0. The first-order valence-corrected chi connectivity index (χ1v) is 6.96. The van der Waals surface area contributed by atoms with Crippen LogP contribution in [0.5, 0.6) is 0 Å². The van der Waals surface area contributed by atoms with Crippen molar-refractivity contribution < 1.29 is 14.7 Å². The Bertz CT molecular complexity index is 474. The quantitative estimate of drug-likeness (QED) is 0.862. The molecule has 1 N–H and O–H groups in total. The van der Waals surface area contributed by atoms with Crippen LogP contribution < -0.4 is 10.4 Å². The first-order valence-electron chi connectivity index (χ1n) is 6.08. The zero-order chi connectivity index (χ0) is 12.7. The molecule has 96 valence electrons. The lowest BCUT2D eigenvalue weighted by Gasteiger charge is -2.30. The average molecular weight is 265 g/mol. The molecule has 1 amide bonds. The summed E-state index contributed by atoms with van der Waals surface area (Å²) in [6.07, 6.45) is 4.31. The Morgan fingerprint density at radius 2 is 2.06 bits per heavy atom. The number of carbonyl (C=O) groups excluding carboxylic acids is 2. The minimum absolute atomic E-state index is 0.118. The van der Waals surface area contributed by atoms with Gasteiger partial charge in [-0.1, -0.05) is 0 Å². The minimum atomic E-state index is -1.08. The Labute approximate surface area is 108 Å². The highest BCUT2D eigenvalue weighted by Crippen LogP contribution is 2.52. The van der Waals surface area contributed by atoms with Gasteiger partial charge >= 0.3 is 0 Å². The van der Waals surface area contributed by atoms with E-state index in [0.29, 0.717) is 5.13 Å². The van der Waals surface area contributed by atoms with Crippen molar-refractivity contribution in [2.45, 2.75) is 19.3 Å². The maximum Gasteiger partial charge on any atom is 0.230 e. The number of hydrogen-bond acceptors (Lipinski definition) is 5. The van der Waals surface area contributed by atoms with E-state index in [4.69, 9.17) is 0 Å². The van der Waals surface area contributed by atoms with Gasteiger partial charge in [0.2, 0.25) is 5.91 Å². The smallest absolute Gasteiger partial charge is 0.230 e. The number of amides is 1. The van der Waals surface area contributed by atoms with Crippen molar-refractivity contribution in [2.24, 2.45) is 23.7 Å². The van der Waals surface area contributed by atoms with Gasteiger partial charge in [-0.15, -0.1) is 11.3 Å². The third kappa shape index (κ3) is 1.80. The molecule has 0 saturated heterocycles. The predicted octanol–water partition coefficient (Wildman–Crippen LogP) is 0.494. The molecular weight excluding hydrogens is 252 g/mol. The molecule has 1 aromatic heterocycles. The standard InChI is InChI=1S/C12H14N2O3S/c15-10(14-12-13-3-4-18-12)8-6-1-2-7(5-6)9(8)11(16)17/h3-4,6-9H,1-2,5H2,(H,16,17)(H,13,14,15)/p-1/t6-,7+,8-,9+/m0/s1. The van der Waals surface area contributed by atoms with Crippen LogP contribution in [0.2, 0.25) is 0 Å². The van der Waals surface area contributed by atoms with Gasteiger partial charge in [0.1, 0.15) is 0 Å². The van der Waals surface area contributed by atoms with E-state index >= 15 is 0 Å². The molecule has 0 aromatic carbocycles. The maximum absolute atomic E-state index is 12.2. The van der Waals surface area contributed by atoms with Gasteiger partial charge in [-0.25, -0.2) is 4.98 Å². The third-order valence-corrected chi connectivity index (χ3v) is 4.84. The van der Waals surface area contributed by atoms with Crippen LogP contribution in [0.25, 0.3) is 0 Å². The fourth-order valence-electron chi connectivity index (χ4n) is 3.48. The van der Waals surface area contributed by atoms with Crippen LogP contribution in [0.1, 0.15) is 19.3 Å². The second-order valence-electron chi connectivity index (χ2n) is 5.03. The Hall–Kier alpha value is -1.43. The van der Waals surface area contributed by atoms with Crippen LogP contribution in [0.4, 0.5) is 5.13 Å². The number of nitrogens with zero attached hydrogens (tertiary/aromatic N) is 1. The Morgan fingerprint density at radius 1 is 1.33 bits per heavy atom. The number of hydrogen-bond donors (Lipinski definition) is 1. The van der Waals surface area contributed by atoms with Crippen LogP contribution >= 0.6 is 11.3 Å². The molecule has 2 bridgehead atoms.